The zero-order valence-corrected chi connectivity index (χ0v) is 67.6. The van der Waals surface area contributed by atoms with Crippen LogP contribution in [-0.2, 0) is 12.8 Å². The number of methoxy groups -OCH3 is 1. The molecule has 7 aromatic rings. The van der Waals surface area contributed by atoms with E-state index in [-0.39, 0.29) is 9.41 Å². The van der Waals surface area contributed by atoms with E-state index in [2.05, 4.69) is 47.8 Å². The van der Waals surface area contributed by atoms with Crippen molar-refractivity contribution in [2.45, 2.75) is 109 Å². The van der Waals surface area contributed by atoms with Crippen molar-refractivity contribution in [1.29, 1.82) is 37.7 Å². The van der Waals surface area contributed by atoms with Crippen LogP contribution in [-0.4, -0.2) is 22.2 Å². The van der Waals surface area contributed by atoms with Crippen molar-refractivity contribution in [2.75, 3.05) is 7.11 Å². The van der Waals surface area contributed by atoms with Gasteiger partial charge in [0.25, 0.3) is 0 Å². The number of ether oxygens (including phenoxy) is 1. The van der Waals surface area contributed by atoms with Crippen LogP contribution < -0.4 is 14.1 Å². The summed E-state index contributed by atoms with van der Waals surface area (Å²) in [6.45, 7) is 25.8. The first kappa shape index (κ1) is 127. The second kappa shape index (κ2) is 44.8. The molecule has 0 amide bonds. The molecule has 0 heterocycles. The van der Waals surface area contributed by atoms with Gasteiger partial charge in [0.05, 0.1) is 7.11 Å². The Balaban J connectivity index is -0.000000158. The molecule has 0 aliphatic carbocycles. The van der Waals surface area contributed by atoms with Crippen molar-refractivity contribution in [3.05, 3.63) is 235 Å². The topological polar surface area (TPSA) is 206 Å². The Morgan fingerprint density at radius 1 is 0.261 bits per heavy atom. The summed E-state index contributed by atoms with van der Waals surface area (Å²) in [7, 11) is -59.0. The minimum absolute atomic E-state index is 0. The van der Waals surface area contributed by atoms with Crippen LogP contribution in [0.2, 0.25) is 0 Å². The molecule has 0 aliphatic heterocycles. The van der Waals surface area contributed by atoms with E-state index in [1.165, 1.54) is 33.4 Å². The van der Waals surface area contributed by atoms with Crippen molar-refractivity contribution in [3.63, 3.8) is 0 Å². The predicted molar refractivity (Wildman–Crippen MR) is 386 cm³/mol. The van der Waals surface area contributed by atoms with Crippen molar-refractivity contribution < 1.29 is 166 Å². The quantitative estimate of drug-likeness (QED) is 0.0715. The number of benzene rings is 7. The molecule has 0 unspecified atom stereocenters. The molecule has 0 aromatic heterocycles. The van der Waals surface area contributed by atoms with Gasteiger partial charge in [0, 0.05) is 81.4 Å². The Morgan fingerprint density at radius 2 is 0.412 bits per heavy atom. The zero-order chi connectivity index (χ0) is 94.9. The second-order valence-electron chi connectivity index (χ2n) is 22.7. The summed E-state index contributed by atoms with van der Waals surface area (Å²) in [6.07, 6.45) is 2.95. The van der Waals surface area contributed by atoms with Gasteiger partial charge in [-0.1, -0.05) is 90.0 Å². The maximum atomic E-state index is 9.87. The molecular weight excluding hydrogens is 1820 g/mol. The smallest absolute Gasteiger partial charge is 1.00 e. The van der Waals surface area contributed by atoms with Gasteiger partial charge in [0.1, 0.15) is 5.75 Å². The fraction of sp³-hybridized carbons (Fsp3) is 0.288. The van der Waals surface area contributed by atoms with Crippen LogP contribution in [0.5, 0.6) is 5.75 Å². The zero-order valence-electron chi connectivity index (χ0n) is 63.2. The van der Waals surface area contributed by atoms with Crippen LogP contribution >= 0.6 is 39.0 Å². The van der Waals surface area contributed by atoms with Crippen molar-refractivity contribution >= 4 is 93.9 Å². The molecule has 0 saturated heterocycles. The molecule has 0 bridgehead atoms. The van der Waals surface area contributed by atoms with E-state index >= 15 is 0 Å². The first-order valence-corrected chi connectivity index (χ1v) is 40.4. The number of rotatable bonds is 4. The molecule has 60 heteroatoms. The fourth-order valence-corrected chi connectivity index (χ4v) is 6.91. The summed E-state index contributed by atoms with van der Waals surface area (Å²) in [6, 6.07) is 39.7. The molecule has 0 N–H and O–H groups in total. The van der Waals surface area contributed by atoms with E-state index in [4.69, 9.17) is 42.5 Å². The summed E-state index contributed by atoms with van der Waals surface area (Å²) in [5.74, 6) is 0.773. The molecule has 119 heavy (non-hydrogen) atoms. The largest absolute Gasteiger partial charge is 1.00 e. The third kappa shape index (κ3) is 117. The maximum Gasteiger partial charge on any atom is -1.00 e. The summed E-state index contributed by atoms with van der Waals surface area (Å²) in [5.41, 5.74) is 18.8. The number of halogens is 38. The first-order chi connectivity index (χ1) is 51.0. The molecule has 0 atom stereocenters. The number of hydrogen-bond acceptors (Lipinski definition) is 8. The van der Waals surface area contributed by atoms with Crippen LogP contribution in [0.1, 0.15) is 92.6 Å². The fourth-order valence-electron chi connectivity index (χ4n) is 6.91. The molecule has 7 rings (SSSR count). The third-order valence-corrected chi connectivity index (χ3v) is 10.9. The van der Waals surface area contributed by atoms with E-state index in [0.717, 1.165) is 64.0 Å². The molecule has 7 aromatic carbocycles. The monoisotopic (exact) mass is 1890 g/mol. The average Bonchev–Trinajstić information content (AvgIpc) is 0.807. The van der Waals surface area contributed by atoms with Crippen LogP contribution in [0.15, 0.2) is 127 Å². The molecule has 0 aliphatic rings. The van der Waals surface area contributed by atoms with Crippen molar-refractivity contribution in [1.82, 2.24) is 0 Å². The van der Waals surface area contributed by atoms with Crippen LogP contribution in [0.4, 0.5) is 192 Å². The molecule has 0 saturated carbocycles. The maximum absolute atomic E-state index is 10.7. The number of nitrogens with zero attached hydrogens (tertiary/aromatic N) is 14. The summed E-state index contributed by atoms with van der Waals surface area (Å²) in [4.78, 5) is 21.9. The van der Waals surface area contributed by atoms with Gasteiger partial charge in [0.15, 0.2) is 34.8 Å². The van der Waals surface area contributed by atoms with Gasteiger partial charge in [-0.25, -0.2) is 0 Å². The minimum Gasteiger partial charge on any atom is -1.00 e. The Labute approximate surface area is 652 Å². The average molecular weight is 1890 g/mol. The molecule has 0 spiro atoms. The van der Waals surface area contributed by atoms with Gasteiger partial charge in [-0.3, -0.25) is 25.9 Å². The molecule has 15 nitrogen and oxygen atoms in total. The van der Waals surface area contributed by atoms with E-state index in [1.807, 2.05) is 168 Å². The van der Waals surface area contributed by atoms with E-state index in [0.29, 0.717) is 39.8 Å². The molecule has 0 fully saturated rings. The SMILES string of the molecule is CCCc1cc(C)ccc1[N+]#N.CCc1cc(C)ccc1[N+]#N.COc1ccc([N+]#N)c(C)c1.Cc1ccc([N+]#N)c(C)c1.Cc1ccc([N+]#N)c(C)c1.Cc1ccc([N+]#N)c(C)c1.Cc1ccc([N+]#N)c(C)c1.FB(F)F.FB(F)F.F[P-](F)(F)(F)(F)F.F[P-](F)(F)(F)(F)F.F[P-](F)(F)(F)(F)F.F[P-](F)(F)(F)(F)F.F[P-](F)(F)(F)(F)F.[F-].[F-]. The molecule has 678 valence electrons. The van der Waals surface area contributed by atoms with Gasteiger partial charge < -0.3 is 14.1 Å². The predicted octanol–water partition coefficient (Wildman–Crippen LogP) is 32.8. The van der Waals surface area contributed by atoms with Crippen molar-refractivity contribution in [2.24, 2.45) is 0 Å². The van der Waals surface area contributed by atoms with Crippen LogP contribution in [0, 0.1) is 114 Å². The number of aryl methyl sites for hydroxylation is 13. The van der Waals surface area contributed by atoms with Gasteiger partial charge in [-0.05, 0) is 138 Å². The van der Waals surface area contributed by atoms with Gasteiger partial charge in [-0.15, -0.1) is 0 Å². The normalized spacial score (nSPS) is 12.9. The third-order valence-electron chi connectivity index (χ3n) is 10.9. The standard InChI is InChI=1S/C10H13N2.C9H11N2.C8H9N2O.4C8H9N2.2BF3.5F6P.2FH/c1-3-4-9-7-8(2)5-6-10(9)12-11;1-3-8-6-7(2)4-5-9(8)11-10;1-6-5-7(11-2)3-4-8(6)10-9;4*1-6-3-4-8(10-9)7(2)5-6;2*2-1(3)4;5*1-7(2,3,4,5)6;;/h5-7H,3-4H2,1-2H3;4-6H,3H2,1-2H3;3-5H,1-2H3;4*3-5H,1-2H3;;;;;;;;2*1H/q7*+1;;;5*-1;;/p-2. The van der Waals surface area contributed by atoms with Crippen LogP contribution in [0.3, 0.4) is 0 Å². The Kier molecular flexibility index (Phi) is 47.8. The van der Waals surface area contributed by atoms with E-state index in [9.17, 15) is 152 Å². The number of hydrogen-bond donors (Lipinski definition) is 0. The summed E-state index contributed by atoms with van der Waals surface area (Å²) < 4.78 is 359. The van der Waals surface area contributed by atoms with Gasteiger partial charge >= 0.3 is 220 Å². The Hall–Kier alpha value is -10.1. The van der Waals surface area contributed by atoms with Gasteiger partial charge in [0.2, 0.25) is 37.7 Å². The Bertz CT molecular complexity index is 4230. The molecule has 0 radical (unpaired) electrons. The van der Waals surface area contributed by atoms with Crippen molar-refractivity contribution in [3.8, 4) is 5.75 Å². The van der Waals surface area contributed by atoms with Crippen LogP contribution in [0.25, 0.3) is 34.8 Å². The summed E-state index contributed by atoms with van der Waals surface area (Å²) >= 11 is 0. The molecular formula is C59H69B2F38N14OP5. The second-order valence-corrected chi connectivity index (χ2v) is 32.2. The minimum atomic E-state index is -10.7. The Morgan fingerprint density at radius 3 is 0.563 bits per heavy atom. The van der Waals surface area contributed by atoms with E-state index in [1.54, 1.807) is 43.5 Å². The van der Waals surface area contributed by atoms with Gasteiger partial charge in [-0.2, -0.15) is 0 Å². The summed E-state index contributed by atoms with van der Waals surface area (Å²) in [5, 5.41) is 59.4. The first-order valence-electron chi connectivity index (χ1n) is 30.2. The van der Waals surface area contributed by atoms with E-state index < -0.39 is 54.1 Å². The number of diazo groups is 7.